The highest BCUT2D eigenvalue weighted by Crippen LogP contribution is 2.14. The van der Waals surface area contributed by atoms with E-state index in [4.69, 9.17) is 17.3 Å². The number of benzene rings is 1. The number of carbonyl (C=O) groups excluding carboxylic acids is 1. The Balaban J connectivity index is 0.00000264. The van der Waals surface area contributed by atoms with Crippen molar-refractivity contribution in [1.29, 1.82) is 0 Å². The number of hydrogen-bond donors (Lipinski definition) is 2. The molecule has 1 atom stereocenters. The topological polar surface area (TPSA) is 72.9 Å². The van der Waals surface area contributed by atoms with Gasteiger partial charge in [-0.05, 0) is 36.6 Å². The fraction of sp³-hybridized carbons (Fsp3) is 0.375. The monoisotopic (exact) mass is 356 g/mol. The number of nitrogens with zero attached hydrogens (tertiary/aromatic N) is 2. The Labute approximate surface area is 147 Å². The molecule has 5 nitrogen and oxygen atoms in total. The number of amides is 1. The van der Waals surface area contributed by atoms with Gasteiger partial charge >= 0.3 is 0 Å². The minimum Gasteiger partial charge on any atom is -0.347 e. The Morgan fingerprint density at radius 3 is 2.74 bits per heavy atom. The molecule has 1 unspecified atom stereocenters. The van der Waals surface area contributed by atoms with Crippen molar-refractivity contribution in [3.63, 3.8) is 0 Å². The molecule has 0 saturated heterocycles. The highest BCUT2D eigenvalue weighted by molar-refractivity contribution is 6.30. The van der Waals surface area contributed by atoms with E-state index in [9.17, 15) is 4.79 Å². The van der Waals surface area contributed by atoms with Crippen molar-refractivity contribution >= 4 is 29.9 Å². The molecule has 1 aromatic carbocycles. The summed E-state index contributed by atoms with van der Waals surface area (Å²) in [5.74, 6) is 0.259. The second-order valence-electron chi connectivity index (χ2n) is 5.66. The molecule has 0 aliphatic rings. The lowest BCUT2D eigenvalue weighted by atomic mass is 10.0. The maximum absolute atomic E-state index is 12.2. The van der Waals surface area contributed by atoms with Crippen molar-refractivity contribution in [2.75, 3.05) is 6.54 Å². The Hall–Kier alpha value is -1.56. The highest BCUT2D eigenvalue weighted by atomic mass is 35.5. The van der Waals surface area contributed by atoms with Crippen LogP contribution in [0.2, 0.25) is 5.02 Å². The van der Waals surface area contributed by atoms with Crippen LogP contribution < -0.4 is 11.1 Å². The fourth-order valence-corrected chi connectivity index (χ4v) is 2.43. The van der Waals surface area contributed by atoms with Crippen LogP contribution in [0.4, 0.5) is 0 Å². The van der Waals surface area contributed by atoms with E-state index in [0.717, 1.165) is 12.1 Å². The number of nitrogens with one attached hydrogen (secondary N) is 1. The molecule has 0 bridgehead atoms. The van der Waals surface area contributed by atoms with Crippen LogP contribution in [0.3, 0.4) is 0 Å². The first-order valence-electron chi connectivity index (χ1n) is 7.32. The average Bonchev–Trinajstić information content (AvgIpc) is 2.96. The van der Waals surface area contributed by atoms with E-state index in [0.29, 0.717) is 23.2 Å². The molecule has 0 fully saturated rings. The standard InChI is InChI=1S/C16H21ClN4O.ClH/c1-11(2)8-13(10-18)19-16(22)15-6-7-21(20-15)14-5-3-4-12(17)9-14;/h3-7,9,11,13H,8,10,18H2,1-2H3,(H,19,22);1H. The normalized spacial score (nSPS) is 11.9. The summed E-state index contributed by atoms with van der Waals surface area (Å²) in [6, 6.07) is 8.94. The van der Waals surface area contributed by atoms with Crippen LogP contribution >= 0.6 is 24.0 Å². The van der Waals surface area contributed by atoms with E-state index in [1.807, 2.05) is 12.1 Å². The molecule has 126 valence electrons. The van der Waals surface area contributed by atoms with E-state index < -0.39 is 0 Å². The van der Waals surface area contributed by atoms with Crippen molar-refractivity contribution in [3.05, 3.63) is 47.2 Å². The van der Waals surface area contributed by atoms with E-state index in [1.54, 1.807) is 29.1 Å². The van der Waals surface area contributed by atoms with Crippen LogP contribution in [0.5, 0.6) is 0 Å². The van der Waals surface area contributed by atoms with Crippen LogP contribution in [-0.2, 0) is 0 Å². The van der Waals surface area contributed by atoms with Crippen LogP contribution in [0.25, 0.3) is 5.69 Å². The van der Waals surface area contributed by atoms with E-state index in [-0.39, 0.29) is 24.4 Å². The number of rotatable bonds is 6. The second kappa shape index (κ2) is 8.91. The smallest absolute Gasteiger partial charge is 0.272 e. The molecule has 0 saturated carbocycles. The molecule has 23 heavy (non-hydrogen) atoms. The Kier molecular flexibility index (Phi) is 7.55. The molecule has 0 aliphatic heterocycles. The molecule has 1 heterocycles. The van der Waals surface area contributed by atoms with Gasteiger partial charge in [-0.15, -0.1) is 12.4 Å². The van der Waals surface area contributed by atoms with Crippen molar-refractivity contribution in [2.24, 2.45) is 11.7 Å². The molecule has 1 amide bonds. The molecule has 2 rings (SSSR count). The molecule has 2 aromatic rings. The van der Waals surface area contributed by atoms with Crippen LogP contribution in [-0.4, -0.2) is 28.3 Å². The van der Waals surface area contributed by atoms with Crippen molar-refractivity contribution < 1.29 is 4.79 Å². The predicted molar refractivity (Wildman–Crippen MR) is 95.6 cm³/mol. The first-order valence-corrected chi connectivity index (χ1v) is 7.70. The minimum absolute atomic E-state index is 0. The summed E-state index contributed by atoms with van der Waals surface area (Å²) in [5, 5.41) is 7.84. The maximum atomic E-state index is 12.2. The van der Waals surface area contributed by atoms with Gasteiger partial charge in [-0.2, -0.15) is 5.10 Å². The number of hydrogen-bond acceptors (Lipinski definition) is 3. The zero-order valence-electron chi connectivity index (χ0n) is 13.2. The number of halogens is 2. The lowest BCUT2D eigenvalue weighted by molar-refractivity contribution is 0.0928. The second-order valence-corrected chi connectivity index (χ2v) is 6.10. The van der Waals surface area contributed by atoms with Gasteiger partial charge in [-0.1, -0.05) is 31.5 Å². The average molecular weight is 357 g/mol. The van der Waals surface area contributed by atoms with Gasteiger partial charge in [0, 0.05) is 23.8 Å². The Bertz CT molecular complexity index is 643. The number of carbonyl (C=O) groups is 1. The summed E-state index contributed by atoms with van der Waals surface area (Å²) in [7, 11) is 0. The van der Waals surface area contributed by atoms with Crippen molar-refractivity contribution in [1.82, 2.24) is 15.1 Å². The lowest BCUT2D eigenvalue weighted by Gasteiger charge is -2.18. The molecule has 0 spiro atoms. The molecule has 0 radical (unpaired) electrons. The lowest BCUT2D eigenvalue weighted by Crippen LogP contribution is -2.41. The third-order valence-electron chi connectivity index (χ3n) is 3.27. The largest absolute Gasteiger partial charge is 0.347 e. The Morgan fingerprint density at radius 2 is 2.13 bits per heavy atom. The molecule has 7 heteroatoms. The van der Waals surface area contributed by atoms with Gasteiger partial charge in [0.15, 0.2) is 5.69 Å². The van der Waals surface area contributed by atoms with Crippen LogP contribution in [0.15, 0.2) is 36.5 Å². The molecule has 1 aromatic heterocycles. The maximum Gasteiger partial charge on any atom is 0.272 e. The summed E-state index contributed by atoms with van der Waals surface area (Å²) < 4.78 is 1.63. The predicted octanol–water partition coefficient (Wildman–Crippen LogP) is 3.05. The van der Waals surface area contributed by atoms with E-state index >= 15 is 0 Å². The summed E-state index contributed by atoms with van der Waals surface area (Å²) in [4.78, 5) is 12.2. The summed E-state index contributed by atoms with van der Waals surface area (Å²) in [6.45, 7) is 4.62. The van der Waals surface area contributed by atoms with Crippen LogP contribution in [0, 0.1) is 5.92 Å². The summed E-state index contributed by atoms with van der Waals surface area (Å²) in [5.41, 5.74) is 6.88. The van der Waals surface area contributed by atoms with Gasteiger partial charge in [-0.25, -0.2) is 4.68 Å². The summed E-state index contributed by atoms with van der Waals surface area (Å²) in [6.07, 6.45) is 2.58. The van der Waals surface area contributed by atoms with Crippen molar-refractivity contribution in [2.45, 2.75) is 26.3 Å². The number of aromatic nitrogens is 2. The van der Waals surface area contributed by atoms with E-state index in [1.165, 1.54) is 0 Å². The third kappa shape index (κ3) is 5.53. The van der Waals surface area contributed by atoms with Gasteiger partial charge in [-0.3, -0.25) is 4.79 Å². The SMILES string of the molecule is CC(C)CC(CN)NC(=O)c1ccn(-c2cccc(Cl)c2)n1.Cl. The van der Waals surface area contributed by atoms with Crippen molar-refractivity contribution in [3.8, 4) is 5.69 Å². The quantitative estimate of drug-likeness (QED) is 0.835. The Morgan fingerprint density at radius 1 is 1.39 bits per heavy atom. The zero-order chi connectivity index (χ0) is 16.1. The summed E-state index contributed by atoms with van der Waals surface area (Å²) >= 11 is 5.97. The third-order valence-corrected chi connectivity index (χ3v) is 3.51. The minimum atomic E-state index is -0.211. The fourth-order valence-electron chi connectivity index (χ4n) is 2.25. The van der Waals surface area contributed by atoms with E-state index in [2.05, 4.69) is 24.3 Å². The molecular formula is C16H22Cl2N4O. The molecular weight excluding hydrogens is 335 g/mol. The van der Waals surface area contributed by atoms with Gasteiger partial charge < -0.3 is 11.1 Å². The zero-order valence-corrected chi connectivity index (χ0v) is 14.8. The number of nitrogens with two attached hydrogens (primary N) is 1. The first-order chi connectivity index (χ1) is 10.5. The molecule has 0 aliphatic carbocycles. The first kappa shape index (κ1) is 19.5. The van der Waals surface area contributed by atoms with Gasteiger partial charge in [0.05, 0.1) is 5.69 Å². The van der Waals surface area contributed by atoms with Gasteiger partial charge in [0.2, 0.25) is 0 Å². The van der Waals surface area contributed by atoms with Crippen LogP contribution in [0.1, 0.15) is 30.8 Å². The molecule has 3 N–H and O–H groups in total. The highest BCUT2D eigenvalue weighted by Gasteiger charge is 2.16. The van der Waals surface area contributed by atoms with Gasteiger partial charge in [0.1, 0.15) is 0 Å². The van der Waals surface area contributed by atoms with Gasteiger partial charge in [0.25, 0.3) is 5.91 Å².